The van der Waals surface area contributed by atoms with E-state index in [-0.39, 0.29) is 6.04 Å². The first-order chi connectivity index (χ1) is 8.70. The highest BCUT2D eigenvalue weighted by molar-refractivity contribution is 9.10. The van der Waals surface area contributed by atoms with Gasteiger partial charge in [-0.3, -0.25) is 0 Å². The first kappa shape index (κ1) is 13.1. The van der Waals surface area contributed by atoms with Crippen LogP contribution in [0.25, 0.3) is 0 Å². The van der Waals surface area contributed by atoms with E-state index in [4.69, 9.17) is 4.52 Å². The summed E-state index contributed by atoms with van der Waals surface area (Å²) in [5.74, 6) is 1.08. The van der Waals surface area contributed by atoms with Gasteiger partial charge < -0.3 is 14.9 Å². The predicted octanol–water partition coefficient (Wildman–Crippen LogP) is 3.38. The molecule has 5 heteroatoms. The number of nitrogens with one attached hydrogen (secondary N) is 1. The molecule has 18 heavy (non-hydrogen) atoms. The zero-order chi connectivity index (χ0) is 13.0. The van der Waals surface area contributed by atoms with Gasteiger partial charge in [0.1, 0.15) is 11.5 Å². The van der Waals surface area contributed by atoms with Crippen molar-refractivity contribution in [1.82, 2.24) is 10.5 Å². The fourth-order valence-corrected chi connectivity index (χ4v) is 2.21. The van der Waals surface area contributed by atoms with E-state index in [1.165, 1.54) is 0 Å². The zero-order valence-corrected chi connectivity index (χ0v) is 11.6. The Kier molecular flexibility index (Phi) is 4.38. The molecule has 1 aromatic carbocycles. The predicted molar refractivity (Wildman–Crippen MR) is 72.2 cm³/mol. The summed E-state index contributed by atoms with van der Waals surface area (Å²) in [5, 5.41) is 16.9. The standard InChI is InChI=1S/C13H15BrN2O2/c1-2-12(15-8-10-5-6-16-18-10)11-7-9(14)3-4-13(11)17/h3-7,12,15,17H,2,8H2,1H3. The van der Waals surface area contributed by atoms with E-state index in [0.29, 0.717) is 12.3 Å². The third-order valence-electron chi connectivity index (χ3n) is 2.79. The van der Waals surface area contributed by atoms with Gasteiger partial charge in [-0.15, -0.1) is 0 Å². The highest BCUT2D eigenvalue weighted by Crippen LogP contribution is 2.29. The average molecular weight is 311 g/mol. The summed E-state index contributed by atoms with van der Waals surface area (Å²) < 4.78 is 5.99. The number of hydrogen-bond acceptors (Lipinski definition) is 4. The Morgan fingerprint density at radius 2 is 2.28 bits per heavy atom. The van der Waals surface area contributed by atoms with Crippen molar-refractivity contribution in [2.24, 2.45) is 0 Å². The molecule has 2 rings (SSSR count). The van der Waals surface area contributed by atoms with Crippen LogP contribution < -0.4 is 5.32 Å². The van der Waals surface area contributed by atoms with E-state index in [9.17, 15) is 5.11 Å². The molecular formula is C13H15BrN2O2. The molecule has 0 bridgehead atoms. The van der Waals surface area contributed by atoms with E-state index in [2.05, 4.69) is 33.3 Å². The van der Waals surface area contributed by atoms with Crippen molar-refractivity contribution in [3.8, 4) is 5.75 Å². The maximum atomic E-state index is 9.90. The molecule has 1 aromatic heterocycles. The second kappa shape index (κ2) is 6.02. The van der Waals surface area contributed by atoms with Gasteiger partial charge in [0.2, 0.25) is 0 Å². The molecule has 1 unspecified atom stereocenters. The van der Waals surface area contributed by atoms with Crippen LogP contribution >= 0.6 is 15.9 Å². The number of benzene rings is 1. The SMILES string of the molecule is CCC(NCc1ccno1)c1cc(Br)ccc1O. The summed E-state index contributed by atoms with van der Waals surface area (Å²) in [5.41, 5.74) is 0.881. The van der Waals surface area contributed by atoms with Crippen molar-refractivity contribution < 1.29 is 9.63 Å². The third-order valence-corrected chi connectivity index (χ3v) is 3.28. The average Bonchev–Trinajstić information content (AvgIpc) is 2.87. The Balaban J connectivity index is 2.10. The van der Waals surface area contributed by atoms with Crippen molar-refractivity contribution in [3.05, 3.63) is 46.3 Å². The monoisotopic (exact) mass is 310 g/mol. The van der Waals surface area contributed by atoms with Crippen molar-refractivity contribution in [1.29, 1.82) is 0 Å². The number of halogens is 1. The maximum absolute atomic E-state index is 9.90. The molecule has 2 aromatic rings. The normalized spacial score (nSPS) is 12.6. The molecule has 4 nitrogen and oxygen atoms in total. The summed E-state index contributed by atoms with van der Waals surface area (Å²) in [6.45, 7) is 2.66. The first-order valence-corrected chi connectivity index (χ1v) is 6.61. The van der Waals surface area contributed by atoms with Crippen LogP contribution in [0.4, 0.5) is 0 Å². The largest absolute Gasteiger partial charge is 0.508 e. The molecule has 0 aliphatic carbocycles. The van der Waals surface area contributed by atoms with Gasteiger partial charge in [0.25, 0.3) is 0 Å². The lowest BCUT2D eigenvalue weighted by molar-refractivity contribution is 0.359. The molecule has 0 amide bonds. The summed E-state index contributed by atoms with van der Waals surface area (Å²) in [7, 11) is 0. The fraction of sp³-hybridized carbons (Fsp3) is 0.308. The van der Waals surface area contributed by atoms with E-state index >= 15 is 0 Å². The number of phenolic OH excluding ortho intramolecular Hbond substituents is 1. The van der Waals surface area contributed by atoms with E-state index in [1.807, 2.05) is 18.2 Å². The second-order valence-corrected chi connectivity index (χ2v) is 4.94. The van der Waals surface area contributed by atoms with Crippen LogP contribution in [0.1, 0.15) is 30.7 Å². The van der Waals surface area contributed by atoms with Crippen LogP contribution in [0, 0.1) is 0 Å². The number of aromatic nitrogens is 1. The molecule has 1 heterocycles. The second-order valence-electron chi connectivity index (χ2n) is 4.02. The molecule has 0 spiro atoms. The molecule has 0 saturated heterocycles. The number of aromatic hydroxyl groups is 1. The Morgan fingerprint density at radius 3 is 2.94 bits per heavy atom. The van der Waals surface area contributed by atoms with Crippen LogP contribution in [0.15, 0.2) is 39.5 Å². The first-order valence-electron chi connectivity index (χ1n) is 5.82. The van der Waals surface area contributed by atoms with Gasteiger partial charge in [0.05, 0.1) is 12.7 Å². The quantitative estimate of drug-likeness (QED) is 0.889. The van der Waals surface area contributed by atoms with Crippen LogP contribution in [0.5, 0.6) is 5.75 Å². The molecule has 96 valence electrons. The smallest absolute Gasteiger partial charge is 0.150 e. The lowest BCUT2D eigenvalue weighted by atomic mass is 10.0. The van der Waals surface area contributed by atoms with E-state index in [0.717, 1.165) is 22.2 Å². The van der Waals surface area contributed by atoms with Gasteiger partial charge in [-0.05, 0) is 24.6 Å². The molecule has 0 radical (unpaired) electrons. The minimum absolute atomic E-state index is 0.0765. The van der Waals surface area contributed by atoms with Crippen LogP contribution in [-0.2, 0) is 6.54 Å². The van der Waals surface area contributed by atoms with Gasteiger partial charge in [-0.2, -0.15) is 0 Å². The van der Waals surface area contributed by atoms with Gasteiger partial charge >= 0.3 is 0 Å². The third kappa shape index (κ3) is 3.11. The molecule has 1 atom stereocenters. The lowest BCUT2D eigenvalue weighted by Gasteiger charge is -2.18. The molecule has 2 N–H and O–H groups in total. The van der Waals surface area contributed by atoms with Gasteiger partial charge in [-0.1, -0.05) is 28.0 Å². The molecule has 0 fully saturated rings. The molecule has 0 saturated carbocycles. The van der Waals surface area contributed by atoms with E-state index < -0.39 is 0 Å². The highest BCUT2D eigenvalue weighted by Gasteiger charge is 2.14. The number of nitrogens with zero attached hydrogens (tertiary/aromatic N) is 1. The van der Waals surface area contributed by atoms with Crippen molar-refractivity contribution in [2.75, 3.05) is 0 Å². The van der Waals surface area contributed by atoms with Gasteiger partial charge in [0.15, 0.2) is 0 Å². The number of hydrogen-bond donors (Lipinski definition) is 2. The maximum Gasteiger partial charge on any atom is 0.150 e. The van der Waals surface area contributed by atoms with Crippen LogP contribution in [0.3, 0.4) is 0 Å². The minimum atomic E-state index is 0.0765. The molecule has 0 aliphatic heterocycles. The Labute approximate surface area is 114 Å². The van der Waals surface area contributed by atoms with Crippen LogP contribution in [-0.4, -0.2) is 10.3 Å². The minimum Gasteiger partial charge on any atom is -0.508 e. The highest BCUT2D eigenvalue weighted by atomic mass is 79.9. The van der Waals surface area contributed by atoms with E-state index in [1.54, 1.807) is 12.3 Å². The molecular weight excluding hydrogens is 296 g/mol. The summed E-state index contributed by atoms with van der Waals surface area (Å²) in [4.78, 5) is 0. The zero-order valence-electron chi connectivity index (χ0n) is 10.1. The lowest BCUT2D eigenvalue weighted by Crippen LogP contribution is -2.20. The Hall–Kier alpha value is -1.33. The number of phenols is 1. The van der Waals surface area contributed by atoms with Crippen LogP contribution in [0.2, 0.25) is 0 Å². The number of rotatable bonds is 5. The summed E-state index contributed by atoms with van der Waals surface area (Å²) in [6, 6.07) is 7.34. The molecule has 0 aliphatic rings. The Morgan fingerprint density at radius 1 is 1.44 bits per heavy atom. The van der Waals surface area contributed by atoms with Crippen molar-refractivity contribution in [3.63, 3.8) is 0 Å². The topological polar surface area (TPSA) is 58.3 Å². The summed E-state index contributed by atoms with van der Waals surface area (Å²) >= 11 is 3.42. The van der Waals surface area contributed by atoms with Gasteiger partial charge in [-0.25, -0.2) is 0 Å². The Bertz CT molecular complexity index is 500. The van der Waals surface area contributed by atoms with Crippen molar-refractivity contribution >= 4 is 15.9 Å². The van der Waals surface area contributed by atoms with Crippen molar-refractivity contribution in [2.45, 2.75) is 25.9 Å². The summed E-state index contributed by atoms with van der Waals surface area (Å²) in [6.07, 6.45) is 2.49. The fourth-order valence-electron chi connectivity index (χ4n) is 1.84. The van der Waals surface area contributed by atoms with Gasteiger partial charge in [0, 0.05) is 22.1 Å².